The van der Waals surface area contributed by atoms with Gasteiger partial charge in [-0.05, 0) is 18.3 Å². The third-order valence-corrected chi connectivity index (χ3v) is 6.34. The van der Waals surface area contributed by atoms with Crippen molar-refractivity contribution in [2.45, 2.75) is 38.8 Å². The van der Waals surface area contributed by atoms with Gasteiger partial charge in [-0.25, -0.2) is 23.5 Å². The van der Waals surface area contributed by atoms with Crippen LogP contribution >= 0.6 is 0 Å². The molecule has 0 radical (unpaired) electrons. The second-order valence-corrected chi connectivity index (χ2v) is 8.02. The average Bonchev–Trinajstić information content (AvgIpc) is 2.77. The molecule has 0 N–H and O–H groups in total. The van der Waals surface area contributed by atoms with E-state index in [4.69, 9.17) is 0 Å². The molecule has 1 saturated carbocycles. The Labute approximate surface area is 122 Å². The van der Waals surface area contributed by atoms with Gasteiger partial charge < -0.3 is 0 Å². The van der Waals surface area contributed by atoms with Gasteiger partial charge in [0.25, 0.3) is 0 Å². The summed E-state index contributed by atoms with van der Waals surface area (Å²) in [5.41, 5.74) is -0.0916. The summed E-state index contributed by atoms with van der Waals surface area (Å²) < 4.78 is 4.65. The lowest BCUT2D eigenvalue weighted by molar-refractivity contribution is -0.0229. The van der Waals surface area contributed by atoms with Gasteiger partial charge in [0.2, 0.25) is 0 Å². The second kappa shape index (κ2) is 2.89. The lowest BCUT2D eigenvalue weighted by Crippen LogP contribution is -2.61. The van der Waals surface area contributed by atoms with Crippen molar-refractivity contribution in [2.24, 2.45) is 23.3 Å². The summed E-state index contributed by atoms with van der Waals surface area (Å²) in [6.45, 7) is 4.61. The van der Waals surface area contributed by atoms with Crippen LogP contribution in [-0.2, 0) is 7.05 Å². The van der Waals surface area contributed by atoms with Crippen molar-refractivity contribution in [2.75, 3.05) is 0 Å². The highest BCUT2D eigenvalue weighted by Gasteiger charge is 2.72. The predicted molar refractivity (Wildman–Crippen MR) is 78.2 cm³/mol. The van der Waals surface area contributed by atoms with Crippen molar-refractivity contribution >= 4 is 0 Å². The van der Waals surface area contributed by atoms with Crippen LogP contribution in [0.1, 0.15) is 38.8 Å². The second-order valence-electron chi connectivity index (χ2n) is 8.02. The number of hydrogen-bond acceptors (Lipinski definition) is 2. The van der Waals surface area contributed by atoms with Gasteiger partial charge in [0.15, 0.2) is 0 Å². The van der Waals surface area contributed by atoms with Crippen LogP contribution in [0.2, 0.25) is 0 Å². The number of aromatic nitrogens is 3. The summed E-state index contributed by atoms with van der Waals surface area (Å²) in [4.78, 5) is 25.0. The zero-order valence-corrected chi connectivity index (χ0v) is 12.5. The summed E-state index contributed by atoms with van der Waals surface area (Å²) in [6.07, 6.45) is 11.1. The molecule has 5 aliphatic rings. The van der Waals surface area contributed by atoms with Crippen molar-refractivity contribution in [3.63, 3.8) is 0 Å². The Morgan fingerprint density at radius 2 is 1.38 bits per heavy atom. The molecule has 1 aromatic heterocycles. The number of rotatable bonds is 0. The molecule has 21 heavy (non-hydrogen) atoms. The summed E-state index contributed by atoms with van der Waals surface area (Å²) in [5.74, 6) is 0. The highest BCUT2D eigenvalue weighted by atomic mass is 16.2. The van der Waals surface area contributed by atoms with Gasteiger partial charge in [0.1, 0.15) is 0 Å². The van der Waals surface area contributed by atoms with Crippen LogP contribution in [0.5, 0.6) is 0 Å². The fourth-order valence-electron chi connectivity index (χ4n) is 5.79. The molecule has 1 fully saturated rings. The highest BCUT2D eigenvalue weighted by Crippen LogP contribution is 2.77. The topological polar surface area (TPSA) is 48.9 Å². The Hall–Kier alpha value is -1.78. The number of allylic oxidation sites excluding steroid dienone is 4. The van der Waals surface area contributed by atoms with Crippen molar-refractivity contribution in [3.8, 4) is 0 Å². The first-order valence-electron chi connectivity index (χ1n) is 7.62. The molecule has 3 aliphatic carbocycles. The first-order valence-corrected chi connectivity index (χ1v) is 7.62. The molecule has 1 aromatic rings. The van der Waals surface area contributed by atoms with E-state index >= 15 is 0 Å². The Bertz CT molecular complexity index is 800. The molecule has 4 unspecified atom stereocenters. The number of nitrogens with zero attached hydrogens (tertiary/aromatic N) is 3. The van der Waals surface area contributed by atoms with E-state index in [0.29, 0.717) is 0 Å². The maximum Gasteiger partial charge on any atom is 0.347 e. The molecule has 4 atom stereocenters. The minimum atomic E-state index is -0.188. The molecular weight excluding hydrogens is 266 g/mol. The molecule has 0 amide bonds. The van der Waals surface area contributed by atoms with Gasteiger partial charge in [0.05, 0.1) is 12.1 Å². The van der Waals surface area contributed by atoms with E-state index in [0.717, 1.165) is 12.8 Å². The van der Waals surface area contributed by atoms with E-state index < -0.39 is 0 Å². The third-order valence-electron chi connectivity index (χ3n) is 6.34. The maximum absolute atomic E-state index is 12.5. The summed E-state index contributed by atoms with van der Waals surface area (Å²) in [6, 6.07) is -0.0358. The van der Waals surface area contributed by atoms with Crippen molar-refractivity contribution < 1.29 is 0 Å². The fraction of sp³-hybridized carbons (Fsp3) is 0.625. The minimum Gasteiger partial charge on any atom is -0.246 e. The average molecular weight is 285 g/mol. The Morgan fingerprint density at radius 1 is 0.952 bits per heavy atom. The zero-order valence-electron chi connectivity index (χ0n) is 12.5. The molecule has 0 aromatic carbocycles. The molecule has 5 heteroatoms. The molecule has 0 saturated heterocycles. The highest BCUT2D eigenvalue weighted by molar-refractivity contribution is 5.43. The normalized spacial score (nSPS) is 43.4. The first kappa shape index (κ1) is 11.8. The van der Waals surface area contributed by atoms with Crippen LogP contribution in [0.15, 0.2) is 33.9 Å². The van der Waals surface area contributed by atoms with Crippen LogP contribution in [0.25, 0.3) is 0 Å². The Balaban J connectivity index is 1.88. The van der Waals surface area contributed by atoms with Crippen LogP contribution in [0.3, 0.4) is 0 Å². The SMILES string of the molecule is Cn1c(=O)n2n(c1=O)C1C=CC2C23C=CC12CC(C)(C)C3. The van der Waals surface area contributed by atoms with Crippen LogP contribution in [0.4, 0.5) is 0 Å². The van der Waals surface area contributed by atoms with E-state index in [1.54, 1.807) is 16.4 Å². The van der Waals surface area contributed by atoms with E-state index in [9.17, 15) is 9.59 Å². The molecule has 6 rings (SSSR count). The monoisotopic (exact) mass is 285 g/mol. The van der Waals surface area contributed by atoms with E-state index in [-0.39, 0.29) is 39.7 Å². The summed E-state index contributed by atoms with van der Waals surface area (Å²) in [5, 5.41) is 0. The quantitative estimate of drug-likeness (QED) is 0.676. The fourth-order valence-corrected chi connectivity index (χ4v) is 5.79. The number of hydrogen-bond donors (Lipinski definition) is 0. The van der Waals surface area contributed by atoms with Gasteiger partial charge in [-0.15, -0.1) is 0 Å². The van der Waals surface area contributed by atoms with E-state index in [2.05, 4.69) is 38.2 Å². The Morgan fingerprint density at radius 3 is 1.76 bits per heavy atom. The molecule has 3 heterocycles. The molecule has 110 valence electrons. The van der Waals surface area contributed by atoms with Gasteiger partial charge in [-0.1, -0.05) is 38.2 Å². The van der Waals surface area contributed by atoms with Crippen LogP contribution in [-0.4, -0.2) is 13.9 Å². The molecule has 0 spiro atoms. The van der Waals surface area contributed by atoms with Crippen LogP contribution < -0.4 is 11.4 Å². The lowest BCUT2D eigenvalue weighted by atomic mass is 9.48. The van der Waals surface area contributed by atoms with Gasteiger partial charge in [0, 0.05) is 17.9 Å². The smallest absolute Gasteiger partial charge is 0.246 e. The summed E-state index contributed by atoms with van der Waals surface area (Å²) >= 11 is 0. The zero-order chi connectivity index (χ0) is 14.8. The molecular formula is C16H19N3O2. The van der Waals surface area contributed by atoms with Crippen molar-refractivity contribution in [3.05, 3.63) is 45.3 Å². The lowest BCUT2D eigenvalue weighted by Gasteiger charge is -2.61. The van der Waals surface area contributed by atoms with Gasteiger partial charge >= 0.3 is 11.4 Å². The van der Waals surface area contributed by atoms with Crippen molar-refractivity contribution in [1.82, 2.24) is 13.9 Å². The predicted octanol–water partition coefficient (Wildman–Crippen LogP) is 1.38. The molecule has 2 bridgehead atoms. The first-order chi connectivity index (χ1) is 9.83. The van der Waals surface area contributed by atoms with Crippen LogP contribution in [0, 0.1) is 16.2 Å². The maximum atomic E-state index is 12.5. The van der Waals surface area contributed by atoms with Crippen molar-refractivity contribution in [1.29, 1.82) is 0 Å². The third kappa shape index (κ3) is 0.945. The largest absolute Gasteiger partial charge is 0.347 e. The van der Waals surface area contributed by atoms with Gasteiger partial charge in [-0.2, -0.15) is 0 Å². The Kier molecular flexibility index (Phi) is 1.63. The van der Waals surface area contributed by atoms with Gasteiger partial charge in [-0.3, -0.25) is 0 Å². The summed E-state index contributed by atoms with van der Waals surface area (Å²) in [7, 11) is 1.58. The van der Waals surface area contributed by atoms with E-state index in [1.807, 2.05) is 0 Å². The molecule has 2 aliphatic heterocycles. The van der Waals surface area contributed by atoms with E-state index in [1.165, 1.54) is 4.57 Å². The standard InChI is InChI=1S/C16H19N3O2/c1-14(2)8-15-6-7-16(15,9-14)11-5-4-10(15)18-12(20)17(3)13(21)19(11)18/h4-7,10-11H,8-9H2,1-3H3. The molecule has 5 nitrogen and oxygen atoms in total. The minimum absolute atomic E-state index is 0.0179.